The Bertz CT molecular complexity index is 1080. The van der Waals surface area contributed by atoms with Crippen molar-refractivity contribution in [1.82, 2.24) is 14.5 Å². The zero-order chi connectivity index (χ0) is 21.8. The first kappa shape index (κ1) is 21.8. The maximum atomic E-state index is 13.5. The molecule has 158 valence electrons. The molecule has 1 heterocycles. The zero-order valence-corrected chi connectivity index (χ0v) is 18.6. The van der Waals surface area contributed by atoms with Crippen molar-refractivity contribution in [2.24, 2.45) is 5.92 Å². The molecule has 0 aliphatic carbocycles. The van der Waals surface area contributed by atoms with Crippen LogP contribution in [0.4, 0.5) is 0 Å². The Balaban J connectivity index is 2.21. The van der Waals surface area contributed by atoms with Gasteiger partial charge in [0.25, 0.3) is 5.56 Å². The van der Waals surface area contributed by atoms with Crippen molar-refractivity contribution >= 4 is 16.8 Å². The Labute approximate surface area is 178 Å². The molecule has 1 amide bonds. The normalized spacial score (nSPS) is 12.3. The van der Waals surface area contributed by atoms with Gasteiger partial charge in [-0.15, -0.1) is 0 Å². The summed E-state index contributed by atoms with van der Waals surface area (Å²) >= 11 is 0. The molecule has 1 atom stereocenters. The van der Waals surface area contributed by atoms with Crippen molar-refractivity contribution in [3.8, 4) is 5.69 Å². The molecular weight excluding hydrogens is 374 g/mol. The lowest BCUT2D eigenvalue weighted by Crippen LogP contribution is -2.37. The van der Waals surface area contributed by atoms with Crippen LogP contribution in [-0.4, -0.2) is 26.9 Å². The van der Waals surface area contributed by atoms with Gasteiger partial charge in [0.1, 0.15) is 5.82 Å². The molecule has 0 bridgehead atoms. The van der Waals surface area contributed by atoms with E-state index in [1.807, 2.05) is 75.1 Å². The zero-order valence-electron chi connectivity index (χ0n) is 18.6. The Morgan fingerprint density at radius 3 is 2.30 bits per heavy atom. The fourth-order valence-electron chi connectivity index (χ4n) is 3.83. The lowest BCUT2D eigenvalue weighted by atomic mass is 10.1. The van der Waals surface area contributed by atoms with Crippen LogP contribution in [0.15, 0.2) is 53.3 Å². The molecule has 0 saturated carbocycles. The first-order valence-corrected chi connectivity index (χ1v) is 10.8. The molecule has 0 saturated heterocycles. The van der Waals surface area contributed by atoms with E-state index in [9.17, 15) is 9.59 Å². The Hall–Kier alpha value is -2.95. The summed E-state index contributed by atoms with van der Waals surface area (Å²) in [6.07, 6.45) is 1.41. The third kappa shape index (κ3) is 4.30. The van der Waals surface area contributed by atoms with E-state index in [2.05, 4.69) is 6.92 Å². The predicted octanol–water partition coefficient (Wildman–Crippen LogP) is 4.90. The minimum absolute atomic E-state index is 0.0790. The van der Waals surface area contributed by atoms with Gasteiger partial charge in [-0.2, -0.15) is 0 Å². The Morgan fingerprint density at radius 1 is 1.03 bits per heavy atom. The molecule has 5 heteroatoms. The molecule has 0 aliphatic heterocycles. The van der Waals surface area contributed by atoms with E-state index >= 15 is 0 Å². The largest absolute Gasteiger partial charge is 0.333 e. The second-order valence-corrected chi connectivity index (χ2v) is 8.10. The maximum absolute atomic E-state index is 13.5. The molecule has 3 rings (SSSR count). The van der Waals surface area contributed by atoms with Gasteiger partial charge in [0.15, 0.2) is 0 Å². The molecule has 0 fully saturated rings. The molecule has 30 heavy (non-hydrogen) atoms. The van der Waals surface area contributed by atoms with Gasteiger partial charge in [-0.3, -0.25) is 14.2 Å². The van der Waals surface area contributed by atoms with Gasteiger partial charge in [-0.1, -0.05) is 45.0 Å². The minimum Gasteiger partial charge on any atom is -0.333 e. The molecule has 5 nitrogen and oxygen atoms in total. The second kappa shape index (κ2) is 9.24. The first-order chi connectivity index (χ1) is 14.4. The molecule has 1 aromatic heterocycles. The summed E-state index contributed by atoms with van der Waals surface area (Å²) in [4.78, 5) is 33.0. The highest BCUT2D eigenvalue weighted by molar-refractivity contribution is 5.79. The third-order valence-electron chi connectivity index (χ3n) is 5.49. The highest BCUT2D eigenvalue weighted by atomic mass is 16.2. The number of fused-ring (bicyclic) bond motifs is 1. The standard InChI is InChI=1S/C25H31N3O2/c1-6-19-12-14-20(15-13-19)28-24(18(5)27(7-2)23(29)16-17(3)4)26-22-11-9-8-10-21(22)25(28)30/h8-15,17-18H,6-7,16H2,1-5H3. The number of aryl methyl sites for hydroxylation is 1. The van der Waals surface area contributed by atoms with Crippen molar-refractivity contribution in [2.45, 2.75) is 53.5 Å². The molecule has 0 N–H and O–H groups in total. The van der Waals surface area contributed by atoms with Crippen molar-refractivity contribution in [3.63, 3.8) is 0 Å². The van der Waals surface area contributed by atoms with Gasteiger partial charge in [0.2, 0.25) is 5.91 Å². The van der Waals surface area contributed by atoms with Crippen LogP contribution in [0.1, 0.15) is 58.5 Å². The number of hydrogen-bond acceptors (Lipinski definition) is 3. The molecule has 0 spiro atoms. The van der Waals surface area contributed by atoms with E-state index in [4.69, 9.17) is 4.98 Å². The fraction of sp³-hybridized carbons (Fsp3) is 0.400. The topological polar surface area (TPSA) is 55.2 Å². The predicted molar refractivity (Wildman–Crippen MR) is 122 cm³/mol. The van der Waals surface area contributed by atoms with Crippen molar-refractivity contribution in [1.29, 1.82) is 0 Å². The Morgan fingerprint density at radius 2 is 1.70 bits per heavy atom. The minimum atomic E-state index is -0.329. The molecule has 1 unspecified atom stereocenters. The number of para-hydroxylation sites is 1. The molecule has 0 aliphatic rings. The van der Waals surface area contributed by atoms with Gasteiger partial charge in [0.05, 0.1) is 22.6 Å². The van der Waals surface area contributed by atoms with Gasteiger partial charge in [-0.05, 0) is 56.0 Å². The molecule has 0 radical (unpaired) electrons. The number of benzene rings is 2. The number of amides is 1. The number of carbonyl (C=O) groups is 1. The van der Waals surface area contributed by atoms with Gasteiger partial charge in [-0.25, -0.2) is 4.98 Å². The van der Waals surface area contributed by atoms with Crippen LogP contribution in [0, 0.1) is 5.92 Å². The van der Waals surface area contributed by atoms with Crippen LogP contribution in [-0.2, 0) is 11.2 Å². The van der Waals surface area contributed by atoms with Crippen molar-refractivity contribution in [3.05, 3.63) is 70.3 Å². The molecule has 3 aromatic rings. The number of nitrogens with zero attached hydrogens (tertiary/aromatic N) is 3. The van der Waals surface area contributed by atoms with Crippen LogP contribution in [0.3, 0.4) is 0 Å². The third-order valence-corrected chi connectivity index (χ3v) is 5.49. The van der Waals surface area contributed by atoms with Gasteiger partial charge >= 0.3 is 0 Å². The van der Waals surface area contributed by atoms with Crippen molar-refractivity contribution < 1.29 is 4.79 Å². The van der Waals surface area contributed by atoms with E-state index < -0.39 is 0 Å². The van der Waals surface area contributed by atoms with Gasteiger partial charge in [0, 0.05) is 13.0 Å². The highest BCUT2D eigenvalue weighted by Crippen LogP contribution is 2.24. The lowest BCUT2D eigenvalue weighted by molar-refractivity contribution is -0.134. The maximum Gasteiger partial charge on any atom is 0.266 e. The summed E-state index contributed by atoms with van der Waals surface area (Å²) in [6.45, 7) is 10.7. The fourth-order valence-corrected chi connectivity index (χ4v) is 3.83. The molecule has 2 aromatic carbocycles. The summed E-state index contributed by atoms with van der Waals surface area (Å²) in [5.74, 6) is 0.935. The number of aromatic nitrogens is 2. The summed E-state index contributed by atoms with van der Waals surface area (Å²) in [7, 11) is 0. The van der Waals surface area contributed by atoms with Crippen molar-refractivity contribution in [2.75, 3.05) is 6.54 Å². The van der Waals surface area contributed by atoms with E-state index in [-0.39, 0.29) is 23.4 Å². The van der Waals surface area contributed by atoms with Crippen LogP contribution < -0.4 is 5.56 Å². The van der Waals surface area contributed by atoms with Gasteiger partial charge < -0.3 is 4.90 Å². The smallest absolute Gasteiger partial charge is 0.266 e. The van der Waals surface area contributed by atoms with E-state index in [0.29, 0.717) is 29.7 Å². The van der Waals surface area contributed by atoms with E-state index in [1.165, 1.54) is 5.56 Å². The summed E-state index contributed by atoms with van der Waals surface area (Å²) in [5, 5.41) is 0.574. The summed E-state index contributed by atoms with van der Waals surface area (Å²) in [6, 6.07) is 15.0. The number of hydrogen-bond donors (Lipinski definition) is 0. The lowest BCUT2D eigenvalue weighted by Gasteiger charge is -2.30. The first-order valence-electron chi connectivity index (χ1n) is 10.8. The quantitative estimate of drug-likeness (QED) is 0.562. The van der Waals surface area contributed by atoms with E-state index in [1.54, 1.807) is 10.6 Å². The number of rotatable bonds is 7. The average molecular weight is 406 g/mol. The average Bonchev–Trinajstić information content (AvgIpc) is 2.73. The highest BCUT2D eigenvalue weighted by Gasteiger charge is 2.26. The van der Waals surface area contributed by atoms with Crippen LogP contribution in [0.5, 0.6) is 0 Å². The van der Waals surface area contributed by atoms with Crippen LogP contribution >= 0.6 is 0 Å². The van der Waals surface area contributed by atoms with Crippen LogP contribution in [0.2, 0.25) is 0 Å². The monoisotopic (exact) mass is 405 g/mol. The second-order valence-electron chi connectivity index (χ2n) is 8.10. The summed E-state index contributed by atoms with van der Waals surface area (Å²) < 4.78 is 1.66. The Kier molecular flexibility index (Phi) is 6.70. The van der Waals surface area contributed by atoms with Crippen LogP contribution in [0.25, 0.3) is 16.6 Å². The van der Waals surface area contributed by atoms with E-state index in [0.717, 1.165) is 12.1 Å². The molecular formula is C25H31N3O2. The summed E-state index contributed by atoms with van der Waals surface area (Å²) in [5.41, 5.74) is 2.51. The SMILES string of the molecule is CCc1ccc(-n2c(C(C)N(CC)C(=O)CC(C)C)nc3ccccc3c2=O)cc1. The number of carbonyl (C=O) groups excluding carboxylic acids is 1.